The summed E-state index contributed by atoms with van der Waals surface area (Å²) in [5.41, 5.74) is 0. The first-order valence-corrected chi connectivity index (χ1v) is 3.17. The third-order valence-corrected chi connectivity index (χ3v) is 0.563. The first kappa shape index (κ1) is 23.1. The average molecular weight is 217 g/mol. The van der Waals surface area contributed by atoms with Gasteiger partial charge in [0.1, 0.15) is 6.61 Å². The van der Waals surface area contributed by atoms with Crippen molar-refractivity contribution in [1.82, 2.24) is 0 Å². The number of rotatable bonds is 4. The fourth-order valence-electron chi connectivity index (χ4n) is 0.215. The Hall–Kier alpha value is -1.09. The van der Waals surface area contributed by atoms with Gasteiger partial charge in [0.15, 0.2) is 0 Å². The molecule has 0 radical (unpaired) electrons. The van der Waals surface area contributed by atoms with Gasteiger partial charge in [-0.05, 0) is 0 Å². The van der Waals surface area contributed by atoms with Crippen molar-refractivity contribution >= 4 is 5.97 Å². The molecule has 0 aliphatic heterocycles. The van der Waals surface area contributed by atoms with Crippen molar-refractivity contribution < 1.29 is 34.9 Å². The lowest BCUT2D eigenvalue weighted by molar-refractivity contribution is -0.141. The highest BCUT2D eigenvalue weighted by molar-refractivity contribution is 5.67. The summed E-state index contributed by atoms with van der Waals surface area (Å²) in [5, 5.41) is 15.7. The van der Waals surface area contributed by atoms with Gasteiger partial charge in [-0.15, -0.1) is 0 Å². The lowest BCUT2D eigenvalue weighted by Gasteiger charge is -1.84. The van der Waals surface area contributed by atoms with E-state index in [4.69, 9.17) is 20.1 Å². The van der Waals surface area contributed by atoms with Gasteiger partial charge in [-0.3, -0.25) is 0 Å². The fourth-order valence-corrected chi connectivity index (χ4v) is 0.215. The summed E-state index contributed by atoms with van der Waals surface area (Å²) < 4.78 is 8.64. The van der Waals surface area contributed by atoms with Crippen molar-refractivity contribution in [2.45, 2.75) is 0 Å². The molecule has 0 spiro atoms. The van der Waals surface area contributed by atoms with Crippen LogP contribution in [0, 0.1) is 4.96 Å². The smallest absolute Gasteiger partial charge is 0.329 e. The number of ether oxygens (including phenoxy) is 2. The van der Waals surface area contributed by atoms with Gasteiger partial charge in [-0.25, -0.2) is 4.79 Å². The summed E-state index contributed by atoms with van der Waals surface area (Å²) >= 11 is 0. The maximum Gasteiger partial charge on any atom is 0.329 e. The maximum absolute atomic E-state index is 9.47. The first-order chi connectivity index (χ1) is 6.18. The number of carboxylic acid groups (broad SMARTS) is 1. The van der Waals surface area contributed by atoms with Gasteiger partial charge in [0.05, 0.1) is 13.2 Å². The summed E-state index contributed by atoms with van der Waals surface area (Å²) in [4.78, 5) is 22.5. The molecule has 0 unspecified atom stereocenters. The molecule has 14 heavy (non-hydrogen) atoms. The van der Waals surface area contributed by atoms with E-state index in [1.807, 2.05) is 0 Å². The molecule has 0 amide bonds. The maximum atomic E-state index is 9.47. The van der Waals surface area contributed by atoms with Crippen molar-refractivity contribution in [3.8, 4) is 0 Å². The molecule has 0 atom stereocenters. The van der Waals surface area contributed by atoms with E-state index in [0.29, 0.717) is 6.61 Å². The van der Waals surface area contributed by atoms with E-state index >= 15 is 0 Å². The molecule has 0 aromatic rings. The highest BCUT2D eigenvalue weighted by Gasteiger charge is 1.87. The number of aliphatic hydroxyl groups excluding tert-OH is 1. The van der Waals surface area contributed by atoms with E-state index in [1.165, 1.54) is 7.11 Å². The number of hydrogen-bond acceptors (Lipinski definition) is 5. The largest absolute Gasteiger partial charge is 0.480 e. The van der Waals surface area contributed by atoms with Crippen LogP contribution in [0.2, 0.25) is 0 Å². The molecular formula is C6H17O8+. The molecular weight excluding hydrogens is 200 g/mol. The Morgan fingerprint density at radius 1 is 1.29 bits per heavy atom. The number of aliphatic hydroxyl groups is 1. The van der Waals surface area contributed by atoms with Gasteiger partial charge in [0, 0.05) is 19.2 Å². The summed E-state index contributed by atoms with van der Waals surface area (Å²) in [7, 11) is 2.89. The van der Waals surface area contributed by atoms with E-state index in [1.54, 1.807) is 7.11 Å². The molecule has 0 aromatic carbocycles. The summed E-state index contributed by atoms with van der Waals surface area (Å²) in [5.74, 6) is -0.933. The second-order valence-electron chi connectivity index (χ2n) is 1.54. The van der Waals surface area contributed by atoms with Crippen LogP contribution in [0.1, 0.15) is 0 Å². The van der Waals surface area contributed by atoms with E-state index < -0.39 is 5.97 Å². The standard InChI is InChI=1S/C3H6O3.C3H8O2.O2.H2O/c1-6-2-3(4)5;1-5-3-2-4;1-2;/h2H2,1H3,(H,4,5);4H,2-3H2,1H3;;1H2/p+1. The topological polar surface area (TPSA) is 146 Å². The molecule has 0 heterocycles. The molecule has 5 N–H and O–H groups in total. The number of hydrogen-bond donors (Lipinski definition) is 2. The van der Waals surface area contributed by atoms with Crippen LogP contribution in [-0.4, -0.2) is 60.7 Å². The Labute approximate surface area is 81.0 Å². The quantitative estimate of drug-likeness (QED) is 0.540. The van der Waals surface area contributed by atoms with E-state index in [2.05, 4.69) is 9.47 Å². The van der Waals surface area contributed by atoms with E-state index in [-0.39, 0.29) is 18.7 Å². The lowest BCUT2D eigenvalue weighted by Crippen LogP contribution is -2.02. The first-order valence-electron chi connectivity index (χ1n) is 3.17. The Morgan fingerprint density at radius 3 is 1.71 bits per heavy atom. The minimum Gasteiger partial charge on any atom is -0.480 e. The molecule has 88 valence electrons. The summed E-state index contributed by atoms with van der Waals surface area (Å²) in [6.07, 6.45) is 0. The van der Waals surface area contributed by atoms with Crippen molar-refractivity contribution in [3.05, 3.63) is 4.96 Å². The number of aliphatic carboxylic acids is 1. The third-order valence-electron chi connectivity index (χ3n) is 0.563. The Kier molecular flexibility index (Phi) is 48.9. The van der Waals surface area contributed by atoms with Crippen molar-refractivity contribution in [2.24, 2.45) is 0 Å². The van der Waals surface area contributed by atoms with Crippen LogP contribution >= 0.6 is 0 Å². The Bertz CT molecular complexity index is 93.8. The number of carboxylic acids is 1. The zero-order valence-electron chi connectivity index (χ0n) is 8.10. The molecule has 8 nitrogen and oxygen atoms in total. The highest BCUT2D eigenvalue weighted by Crippen LogP contribution is 1.61. The molecule has 0 saturated carbocycles. The van der Waals surface area contributed by atoms with Crippen LogP contribution in [0.25, 0.3) is 0 Å². The van der Waals surface area contributed by atoms with E-state index in [0.717, 1.165) is 0 Å². The van der Waals surface area contributed by atoms with Gasteiger partial charge >= 0.3 is 5.97 Å². The molecule has 0 aromatic heterocycles. The second-order valence-corrected chi connectivity index (χ2v) is 1.54. The minimum atomic E-state index is -0.933. The van der Waals surface area contributed by atoms with Crippen LogP contribution in [0.4, 0.5) is 0 Å². The monoisotopic (exact) mass is 217 g/mol. The minimum absolute atomic E-state index is 0. The van der Waals surface area contributed by atoms with Gasteiger partial charge in [-0.1, -0.05) is 0 Å². The fraction of sp³-hybridized carbons (Fsp3) is 0.833. The lowest BCUT2D eigenvalue weighted by atomic mass is 10.8. The number of methoxy groups -OCH3 is 2. The average Bonchev–Trinajstić information content (AvgIpc) is 2.10. The van der Waals surface area contributed by atoms with Crippen molar-refractivity contribution in [3.63, 3.8) is 0 Å². The second kappa shape index (κ2) is 29.7. The van der Waals surface area contributed by atoms with Crippen LogP contribution in [0.5, 0.6) is 0 Å². The zero-order chi connectivity index (χ0) is 11.1. The third kappa shape index (κ3) is 70.1. The molecule has 0 rings (SSSR count). The molecule has 0 aliphatic rings. The van der Waals surface area contributed by atoms with Crippen LogP contribution < -0.4 is 0 Å². The van der Waals surface area contributed by atoms with Gasteiger partial charge < -0.3 is 25.2 Å². The SMILES string of the molecule is COCC(=O)O.COCCO.O.O=[OH+]. The van der Waals surface area contributed by atoms with E-state index in [9.17, 15) is 4.79 Å². The van der Waals surface area contributed by atoms with Gasteiger partial charge in [-0.2, -0.15) is 0 Å². The zero-order valence-corrected chi connectivity index (χ0v) is 8.10. The van der Waals surface area contributed by atoms with Crippen LogP contribution in [0.3, 0.4) is 0 Å². The van der Waals surface area contributed by atoms with Crippen LogP contribution in [0.15, 0.2) is 0 Å². The summed E-state index contributed by atoms with van der Waals surface area (Å²) in [6.45, 7) is 0.358. The Balaban J connectivity index is -0.0000000576. The van der Waals surface area contributed by atoms with Crippen molar-refractivity contribution in [1.29, 1.82) is 0 Å². The summed E-state index contributed by atoms with van der Waals surface area (Å²) in [6, 6.07) is 0. The predicted octanol–water partition coefficient (Wildman–Crippen LogP) is -1.63. The molecule has 0 bridgehead atoms. The Morgan fingerprint density at radius 2 is 1.71 bits per heavy atom. The normalized spacial score (nSPS) is 6.79. The molecule has 0 fully saturated rings. The highest BCUT2D eigenvalue weighted by atomic mass is 16.7. The number of carbonyl (C=O) groups is 1. The van der Waals surface area contributed by atoms with Crippen molar-refractivity contribution in [2.75, 3.05) is 34.0 Å². The predicted molar refractivity (Wildman–Crippen MR) is 47.4 cm³/mol. The van der Waals surface area contributed by atoms with Gasteiger partial charge in [0.25, 0.3) is 0 Å². The van der Waals surface area contributed by atoms with Crippen LogP contribution in [-0.2, 0) is 14.3 Å². The molecule has 8 heteroatoms. The molecule has 0 saturated heterocycles. The van der Waals surface area contributed by atoms with Gasteiger partial charge in [0.2, 0.25) is 4.96 Å². The molecule has 0 aliphatic carbocycles.